The molecule has 10 aromatic rings. The molecule has 2 heterocycles. The molecule has 0 bridgehead atoms. The minimum atomic E-state index is -3.78. The molecule has 0 saturated carbocycles. The topological polar surface area (TPSA) is 9.86 Å². The number of nitrogens with zero attached hydrogens (tertiary/aromatic N) is 2. The van der Waals surface area contributed by atoms with E-state index in [2.05, 4.69) is 0 Å². The third-order valence-electron chi connectivity index (χ3n) is 9.31. The van der Waals surface area contributed by atoms with Crippen LogP contribution in [0.1, 0.15) is 24.7 Å². The van der Waals surface area contributed by atoms with Crippen molar-refractivity contribution in [2.45, 2.75) is 0 Å². The maximum Gasteiger partial charge on any atom is 0.179 e. The Labute approximate surface area is 323 Å². The Kier molecular flexibility index (Phi) is 3.85. The van der Waals surface area contributed by atoms with Crippen LogP contribution in [0.5, 0.6) is 0 Å². The standard InChI is InChI=1S/C48H34N2Si/c1-4-16-37(17-5-1)51(38-18-6-2-7-19-38,39-20-8-3-9-21-39)40-31-28-35(29-32-40)49-47-27-15-12-24-43(47)44-34-36(30-33-48(44)49)50-45-25-13-10-22-41(45)42-23-11-14-26-46(42)50/h1-34H/i10D,11D,12D,13D,14D,15D,22D,23D,24D,25D,27D,28D,29D,30D,31D,32D,33D,34D. The molecule has 0 aliphatic carbocycles. The van der Waals surface area contributed by atoms with Gasteiger partial charge in [0.05, 0.1) is 46.7 Å². The summed E-state index contributed by atoms with van der Waals surface area (Å²) in [5.74, 6) is 0. The summed E-state index contributed by atoms with van der Waals surface area (Å²) < 4.78 is 168. The molecule has 2 aromatic heterocycles. The summed E-state index contributed by atoms with van der Waals surface area (Å²) in [6.45, 7) is 0. The van der Waals surface area contributed by atoms with Crippen molar-refractivity contribution in [3.63, 3.8) is 0 Å². The van der Waals surface area contributed by atoms with Crippen LogP contribution < -0.4 is 20.7 Å². The number of aromatic nitrogens is 2. The Balaban J connectivity index is 1.40. The molecular weight excluding hydrogens is 633 g/mol. The lowest BCUT2D eigenvalue weighted by Crippen LogP contribution is -2.74. The van der Waals surface area contributed by atoms with Gasteiger partial charge in [0.25, 0.3) is 0 Å². The lowest BCUT2D eigenvalue weighted by Gasteiger charge is -2.34. The number of para-hydroxylation sites is 3. The maximum absolute atomic E-state index is 9.96. The lowest BCUT2D eigenvalue weighted by atomic mass is 10.1. The summed E-state index contributed by atoms with van der Waals surface area (Å²) in [4.78, 5) is 0. The third kappa shape index (κ3) is 4.49. The van der Waals surface area contributed by atoms with Crippen LogP contribution in [0.15, 0.2) is 206 Å². The molecule has 0 unspecified atom stereocenters. The van der Waals surface area contributed by atoms with E-state index < -0.39 is 139 Å². The quantitative estimate of drug-likeness (QED) is 0.122. The van der Waals surface area contributed by atoms with Crippen LogP contribution in [0.4, 0.5) is 0 Å². The predicted octanol–water partition coefficient (Wildman–Crippen LogP) is 9.26. The van der Waals surface area contributed by atoms with Crippen LogP contribution in [-0.2, 0) is 0 Å². The highest BCUT2D eigenvalue weighted by atomic mass is 28.3. The molecule has 0 atom stereocenters. The molecule has 0 N–H and O–H groups in total. The maximum atomic E-state index is 9.96. The Morgan fingerprint density at radius 1 is 0.333 bits per heavy atom. The summed E-state index contributed by atoms with van der Waals surface area (Å²) in [6.07, 6.45) is 0. The van der Waals surface area contributed by atoms with Crippen molar-refractivity contribution in [1.82, 2.24) is 9.13 Å². The van der Waals surface area contributed by atoms with E-state index >= 15 is 0 Å². The second-order valence-corrected chi connectivity index (χ2v) is 15.7. The largest absolute Gasteiger partial charge is 0.309 e. The van der Waals surface area contributed by atoms with E-state index in [4.69, 9.17) is 12.3 Å². The van der Waals surface area contributed by atoms with Gasteiger partial charge in [-0.05, 0) is 69.1 Å². The minimum absolute atomic E-state index is 0.0811. The molecule has 0 aliphatic heterocycles. The van der Waals surface area contributed by atoms with Gasteiger partial charge in [-0.25, -0.2) is 0 Å². The first kappa shape index (κ1) is 16.5. The summed E-state index contributed by atoms with van der Waals surface area (Å²) in [5, 5.41) is 1.08. The SMILES string of the molecule is [2H]c1cc2c(c([2H])c1[2H])c1c([2H])c([2H])c([2H])c([2H])c1n2-c1c([2H])c([2H])c2c(c1[2H])c1c([2H])c([2H])c([2H])c([2H])c1n2-c1c([2H])c([2H])c([Si](c2ccccc2)(c2ccccc2)c2ccccc2)c([2H])c1[2H]. The first-order chi connectivity index (χ1) is 32.8. The first-order valence-corrected chi connectivity index (χ1v) is 18.2. The second kappa shape index (κ2) is 11.9. The highest BCUT2D eigenvalue weighted by Gasteiger charge is 2.41. The second-order valence-electron chi connectivity index (χ2n) is 11.9. The zero-order chi connectivity index (χ0) is 49.4. The smallest absolute Gasteiger partial charge is 0.179 e. The molecule has 0 amide bonds. The van der Waals surface area contributed by atoms with Crippen LogP contribution in [0.2, 0.25) is 0 Å². The molecule has 0 radical (unpaired) electrons. The van der Waals surface area contributed by atoms with E-state index in [1.165, 1.54) is 0 Å². The van der Waals surface area contributed by atoms with Gasteiger partial charge in [0.1, 0.15) is 0 Å². The predicted molar refractivity (Wildman–Crippen MR) is 219 cm³/mol. The van der Waals surface area contributed by atoms with Crippen molar-refractivity contribution in [2.24, 2.45) is 0 Å². The zero-order valence-electron chi connectivity index (χ0n) is 44.6. The van der Waals surface area contributed by atoms with Gasteiger partial charge in [-0.2, -0.15) is 0 Å². The van der Waals surface area contributed by atoms with Gasteiger partial charge < -0.3 is 9.13 Å². The van der Waals surface area contributed by atoms with Gasteiger partial charge >= 0.3 is 0 Å². The average molecular weight is 685 g/mol. The van der Waals surface area contributed by atoms with Crippen molar-refractivity contribution in [3.8, 4) is 11.4 Å². The van der Waals surface area contributed by atoms with Crippen LogP contribution in [0.3, 0.4) is 0 Å². The van der Waals surface area contributed by atoms with Crippen LogP contribution in [0, 0.1) is 0 Å². The van der Waals surface area contributed by atoms with E-state index in [0.717, 1.165) is 30.8 Å². The highest BCUT2D eigenvalue weighted by molar-refractivity contribution is 7.19. The summed E-state index contributed by atoms with van der Waals surface area (Å²) >= 11 is 0. The Morgan fingerprint density at radius 2 is 0.765 bits per heavy atom. The number of rotatable bonds is 6. The van der Waals surface area contributed by atoms with Crippen molar-refractivity contribution in [2.75, 3.05) is 0 Å². The molecule has 2 nitrogen and oxygen atoms in total. The Hall–Kier alpha value is -6.42. The monoisotopic (exact) mass is 684 g/mol. The number of fused-ring (bicyclic) bond motifs is 6. The van der Waals surface area contributed by atoms with Crippen LogP contribution in [0.25, 0.3) is 55.0 Å². The molecular formula is C48H34N2Si. The molecule has 0 spiro atoms. The Morgan fingerprint density at radius 3 is 1.33 bits per heavy atom. The fraction of sp³-hybridized carbons (Fsp3) is 0. The minimum Gasteiger partial charge on any atom is -0.309 e. The molecule has 240 valence electrons. The molecule has 8 aromatic carbocycles. The van der Waals surface area contributed by atoms with Crippen molar-refractivity contribution in [1.29, 1.82) is 0 Å². The average Bonchev–Trinajstić information content (AvgIpc) is 3.88. The fourth-order valence-corrected chi connectivity index (χ4v) is 11.6. The molecule has 0 aliphatic rings. The number of hydrogen-bond donors (Lipinski definition) is 0. The van der Waals surface area contributed by atoms with Gasteiger partial charge in [0.2, 0.25) is 0 Å². The normalized spacial score (nSPS) is 16.9. The lowest BCUT2D eigenvalue weighted by molar-refractivity contribution is 1.17. The van der Waals surface area contributed by atoms with E-state index in [9.17, 15) is 12.3 Å². The number of hydrogen-bond acceptors (Lipinski definition) is 0. The van der Waals surface area contributed by atoms with Crippen molar-refractivity contribution < 1.29 is 24.7 Å². The van der Waals surface area contributed by atoms with Crippen molar-refractivity contribution >= 4 is 72.4 Å². The molecule has 0 fully saturated rings. The van der Waals surface area contributed by atoms with Crippen molar-refractivity contribution in [3.05, 3.63) is 206 Å². The van der Waals surface area contributed by atoms with E-state index in [-0.39, 0.29) is 37.8 Å². The van der Waals surface area contributed by atoms with Gasteiger partial charge in [-0.1, -0.05) is 157 Å². The van der Waals surface area contributed by atoms with E-state index in [1.807, 2.05) is 91.0 Å². The summed E-state index contributed by atoms with van der Waals surface area (Å²) in [5.41, 5.74) is -2.44. The van der Waals surface area contributed by atoms with Gasteiger partial charge in [0, 0.05) is 32.9 Å². The highest BCUT2D eigenvalue weighted by Crippen LogP contribution is 2.36. The number of benzene rings is 8. The molecule has 0 saturated heterocycles. The van der Waals surface area contributed by atoms with Gasteiger partial charge in [0.15, 0.2) is 8.07 Å². The third-order valence-corrected chi connectivity index (χ3v) is 13.9. The van der Waals surface area contributed by atoms with Gasteiger partial charge in [-0.3, -0.25) is 0 Å². The fourth-order valence-electron chi connectivity index (χ4n) is 7.16. The van der Waals surface area contributed by atoms with Crippen LogP contribution >= 0.6 is 0 Å². The molecule has 3 heteroatoms. The van der Waals surface area contributed by atoms with Crippen LogP contribution in [-0.4, -0.2) is 17.2 Å². The summed E-state index contributed by atoms with van der Waals surface area (Å²) in [7, 11) is -3.78. The van der Waals surface area contributed by atoms with Gasteiger partial charge in [-0.15, -0.1) is 0 Å². The zero-order valence-corrected chi connectivity index (χ0v) is 27.6. The van der Waals surface area contributed by atoms with E-state index in [1.54, 1.807) is 0 Å². The van der Waals surface area contributed by atoms with E-state index in [0.29, 0.717) is 0 Å². The first-order valence-electron chi connectivity index (χ1n) is 25.2. The summed E-state index contributed by atoms with van der Waals surface area (Å²) in [6, 6.07) is 17.2. The Bertz CT molecular complexity index is 3750. The molecule has 51 heavy (non-hydrogen) atoms. The molecule has 10 rings (SSSR count).